The van der Waals surface area contributed by atoms with Crippen LogP contribution in [0.15, 0.2) is 30.3 Å². The van der Waals surface area contributed by atoms with Gasteiger partial charge in [-0.15, -0.1) is 5.10 Å². The number of aryl methyl sites for hydroxylation is 2. The van der Waals surface area contributed by atoms with Crippen molar-refractivity contribution >= 4 is 22.6 Å². The first-order chi connectivity index (χ1) is 17.5. The first-order valence-electron chi connectivity index (χ1n) is 13.2. The van der Waals surface area contributed by atoms with Crippen molar-refractivity contribution in [2.45, 2.75) is 33.1 Å². The van der Waals surface area contributed by atoms with Crippen LogP contribution in [0.1, 0.15) is 30.7 Å². The molecule has 3 aromatic rings. The zero-order chi connectivity index (χ0) is 25.1. The third-order valence-corrected chi connectivity index (χ3v) is 7.62. The van der Waals surface area contributed by atoms with E-state index in [9.17, 15) is 4.79 Å². The molecule has 1 amide bonds. The summed E-state index contributed by atoms with van der Waals surface area (Å²) < 4.78 is 1.97. The van der Waals surface area contributed by atoms with Crippen molar-refractivity contribution in [3.8, 4) is 5.69 Å². The molecule has 2 aromatic heterocycles. The molecule has 9 heteroatoms. The number of amides is 1. The molecule has 1 atom stereocenters. The molecule has 0 radical (unpaired) electrons. The van der Waals surface area contributed by atoms with Crippen LogP contribution >= 0.6 is 0 Å². The van der Waals surface area contributed by atoms with Gasteiger partial charge in [0.15, 0.2) is 5.82 Å². The Morgan fingerprint density at radius 2 is 1.83 bits per heavy atom. The van der Waals surface area contributed by atoms with Crippen LogP contribution < -0.4 is 10.2 Å². The van der Waals surface area contributed by atoms with Gasteiger partial charge in [0.2, 0.25) is 5.91 Å². The number of benzene rings is 1. The molecular weight excluding hydrogens is 452 g/mol. The average Bonchev–Trinajstić information content (AvgIpc) is 3.26. The summed E-state index contributed by atoms with van der Waals surface area (Å²) >= 11 is 0. The minimum absolute atomic E-state index is 0.0437. The Morgan fingerprint density at radius 1 is 1.06 bits per heavy atom. The van der Waals surface area contributed by atoms with E-state index in [2.05, 4.69) is 56.3 Å². The van der Waals surface area contributed by atoms with Crippen LogP contribution in [0.4, 0.5) is 5.82 Å². The van der Waals surface area contributed by atoms with Gasteiger partial charge in [-0.2, -0.15) is 10.2 Å². The number of hydrogen-bond donors (Lipinski definition) is 1. The van der Waals surface area contributed by atoms with Gasteiger partial charge in [-0.3, -0.25) is 4.79 Å². The lowest BCUT2D eigenvalue weighted by atomic mass is 9.97. The summed E-state index contributed by atoms with van der Waals surface area (Å²) in [5.41, 5.74) is 3.80. The molecule has 9 nitrogen and oxygen atoms in total. The fraction of sp³-hybridized carbons (Fsp3) is 0.556. The van der Waals surface area contributed by atoms with E-state index in [0.717, 1.165) is 98.9 Å². The SMILES string of the molecule is Cc1nnc(N2CCCC(C(=O)NCCCN3CCN(C)CC3)C2)c2nn(-c3ccccc3)c(C)c12. The second-order valence-corrected chi connectivity index (χ2v) is 10.2. The van der Waals surface area contributed by atoms with Crippen molar-refractivity contribution in [3.05, 3.63) is 41.7 Å². The normalized spacial score (nSPS) is 19.6. The molecule has 0 saturated carbocycles. The van der Waals surface area contributed by atoms with Crippen molar-refractivity contribution in [2.24, 2.45) is 5.92 Å². The lowest BCUT2D eigenvalue weighted by Gasteiger charge is -2.33. The number of anilines is 1. The largest absolute Gasteiger partial charge is 0.356 e. The summed E-state index contributed by atoms with van der Waals surface area (Å²) in [6.45, 7) is 11.8. The van der Waals surface area contributed by atoms with Crippen molar-refractivity contribution in [1.82, 2.24) is 35.1 Å². The van der Waals surface area contributed by atoms with E-state index in [0.29, 0.717) is 6.54 Å². The molecule has 2 aliphatic rings. The summed E-state index contributed by atoms with van der Waals surface area (Å²) in [4.78, 5) is 20.1. The van der Waals surface area contributed by atoms with Crippen molar-refractivity contribution in [2.75, 3.05) is 64.3 Å². The Hall–Kier alpha value is -3.04. The first-order valence-corrected chi connectivity index (χ1v) is 13.2. The highest BCUT2D eigenvalue weighted by molar-refractivity contribution is 5.92. The van der Waals surface area contributed by atoms with Gasteiger partial charge < -0.3 is 20.0 Å². The second kappa shape index (κ2) is 10.9. The van der Waals surface area contributed by atoms with Crippen molar-refractivity contribution in [1.29, 1.82) is 0 Å². The van der Waals surface area contributed by atoms with Crippen LogP contribution in [0.3, 0.4) is 0 Å². The van der Waals surface area contributed by atoms with Crippen LogP contribution in [-0.4, -0.2) is 95.1 Å². The summed E-state index contributed by atoms with van der Waals surface area (Å²) in [5.74, 6) is 0.888. The van der Waals surface area contributed by atoms with Gasteiger partial charge in [-0.1, -0.05) is 18.2 Å². The molecule has 2 fully saturated rings. The molecule has 0 spiro atoms. The standard InChI is InChI=1S/C27H38N8O/c1-20-24-21(2)35(23-10-5-4-6-11-23)31-25(24)26(30-29-20)34-14-7-9-22(19-34)27(36)28-12-8-13-33-17-15-32(3)16-18-33/h4-6,10-11,22H,7-9,12-19H2,1-3H3,(H,28,36). The van der Waals surface area contributed by atoms with Crippen molar-refractivity contribution < 1.29 is 4.79 Å². The van der Waals surface area contributed by atoms with Gasteiger partial charge in [0.05, 0.1) is 28.4 Å². The van der Waals surface area contributed by atoms with Gasteiger partial charge in [-0.25, -0.2) is 4.68 Å². The van der Waals surface area contributed by atoms with Crippen LogP contribution in [0.2, 0.25) is 0 Å². The third-order valence-electron chi connectivity index (χ3n) is 7.62. The maximum absolute atomic E-state index is 13.0. The third kappa shape index (κ3) is 5.22. The lowest BCUT2D eigenvalue weighted by molar-refractivity contribution is -0.125. The lowest BCUT2D eigenvalue weighted by Crippen LogP contribution is -2.46. The summed E-state index contributed by atoms with van der Waals surface area (Å²) in [6.07, 6.45) is 2.85. The molecule has 5 rings (SSSR count). The predicted octanol–water partition coefficient (Wildman–Crippen LogP) is 2.40. The highest BCUT2D eigenvalue weighted by atomic mass is 16.1. The summed E-state index contributed by atoms with van der Waals surface area (Å²) in [7, 11) is 2.17. The molecule has 4 heterocycles. The van der Waals surface area contributed by atoms with E-state index in [-0.39, 0.29) is 11.8 Å². The van der Waals surface area contributed by atoms with Gasteiger partial charge >= 0.3 is 0 Å². The van der Waals surface area contributed by atoms with Crippen LogP contribution in [0.25, 0.3) is 16.6 Å². The summed E-state index contributed by atoms with van der Waals surface area (Å²) in [6, 6.07) is 10.2. The molecule has 2 saturated heterocycles. The fourth-order valence-corrected chi connectivity index (χ4v) is 5.46. The van der Waals surface area contributed by atoms with Crippen molar-refractivity contribution in [3.63, 3.8) is 0 Å². The summed E-state index contributed by atoms with van der Waals surface area (Å²) in [5, 5.41) is 18.2. The Balaban J connectivity index is 1.25. The monoisotopic (exact) mass is 490 g/mol. The number of carbonyl (C=O) groups excluding carboxylic acids is 1. The van der Waals surface area contributed by atoms with E-state index in [4.69, 9.17) is 5.10 Å². The number of aromatic nitrogens is 4. The van der Waals surface area contributed by atoms with E-state index in [1.54, 1.807) is 0 Å². The Morgan fingerprint density at radius 3 is 2.61 bits per heavy atom. The second-order valence-electron chi connectivity index (χ2n) is 10.2. The molecule has 1 N–H and O–H groups in total. The first kappa shape index (κ1) is 24.6. The number of carbonyl (C=O) groups is 1. The molecule has 1 aromatic carbocycles. The van der Waals surface area contributed by atoms with E-state index in [1.165, 1.54) is 0 Å². The molecule has 2 aliphatic heterocycles. The molecule has 192 valence electrons. The zero-order valence-corrected chi connectivity index (χ0v) is 21.8. The van der Waals surface area contributed by atoms with Gasteiger partial charge in [0.1, 0.15) is 5.52 Å². The Labute approximate surface area is 213 Å². The average molecular weight is 491 g/mol. The van der Waals surface area contributed by atoms with E-state index < -0.39 is 0 Å². The maximum atomic E-state index is 13.0. The number of piperidine rings is 1. The smallest absolute Gasteiger partial charge is 0.224 e. The Bertz CT molecular complexity index is 1190. The van der Waals surface area contributed by atoms with Crippen LogP contribution in [0, 0.1) is 19.8 Å². The molecule has 36 heavy (non-hydrogen) atoms. The molecule has 0 aliphatic carbocycles. The van der Waals surface area contributed by atoms with Crippen LogP contribution in [-0.2, 0) is 4.79 Å². The number of rotatable bonds is 7. The maximum Gasteiger partial charge on any atom is 0.224 e. The number of hydrogen-bond acceptors (Lipinski definition) is 7. The number of nitrogens with one attached hydrogen (secondary N) is 1. The predicted molar refractivity (Wildman–Crippen MR) is 143 cm³/mol. The number of fused-ring (bicyclic) bond motifs is 1. The van der Waals surface area contributed by atoms with Gasteiger partial charge in [0, 0.05) is 45.8 Å². The highest BCUT2D eigenvalue weighted by Crippen LogP contribution is 2.31. The zero-order valence-electron chi connectivity index (χ0n) is 21.8. The van der Waals surface area contributed by atoms with E-state index in [1.807, 2.05) is 29.8 Å². The van der Waals surface area contributed by atoms with Gasteiger partial charge in [-0.05, 0) is 58.8 Å². The minimum Gasteiger partial charge on any atom is -0.356 e. The number of piperazine rings is 1. The topological polar surface area (TPSA) is 82.4 Å². The molecule has 1 unspecified atom stereocenters. The van der Waals surface area contributed by atoms with Gasteiger partial charge in [0.25, 0.3) is 0 Å². The Kier molecular flexibility index (Phi) is 7.48. The fourth-order valence-electron chi connectivity index (χ4n) is 5.46. The number of para-hydroxylation sites is 1. The highest BCUT2D eigenvalue weighted by Gasteiger charge is 2.29. The molecular formula is C27H38N8O. The molecule has 0 bridgehead atoms. The number of nitrogens with zero attached hydrogens (tertiary/aromatic N) is 7. The quantitative estimate of drug-likeness (QED) is 0.509. The minimum atomic E-state index is -0.0437. The number of likely N-dealkylation sites (N-methyl/N-ethyl adjacent to an activating group) is 1. The van der Waals surface area contributed by atoms with Crippen LogP contribution in [0.5, 0.6) is 0 Å². The van der Waals surface area contributed by atoms with E-state index >= 15 is 0 Å².